The molecular formula is C31H44N2Na2O6S2. The molecule has 3 aromatic rings. The monoisotopic (exact) mass is 650 g/mol. The maximum absolute atomic E-state index is 11.6. The number of benzene rings is 2. The zero-order valence-corrected chi connectivity index (χ0v) is 31.9. The van der Waals surface area contributed by atoms with Gasteiger partial charge < -0.3 is 13.7 Å². The molecule has 1 aromatic heterocycles. The normalized spacial score (nSPS) is 11.8. The number of imidazole rings is 1. The molecule has 3 rings (SSSR count). The second-order valence-corrected chi connectivity index (χ2v) is 13.8. The largest absolute Gasteiger partial charge is 1.00 e. The standard InChI is InChI=1S/C31H46N2O6S2.2Na/c1-2-3-4-5-6-7-8-9-10-11-12-13-14-15-16-21-31-32-29-19-17-18-20-30(29)33(31)25-26-22-27(40(34,35)36)24-28(23-26)41(37,38)39;;/h17-20,22-24H,2-16,21,25H2,1H3,(H,34,35,36)(H,37,38,39);;/q;2*+1/p-2. The van der Waals surface area contributed by atoms with Gasteiger partial charge in [0.1, 0.15) is 26.1 Å². The first-order chi connectivity index (χ1) is 19.6. The molecule has 0 aliphatic heterocycles. The molecule has 0 aliphatic rings. The smallest absolute Gasteiger partial charge is 0.744 e. The van der Waals surface area contributed by atoms with Crippen LogP contribution in [0.25, 0.3) is 11.0 Å². The molecule has 0 fully saturated rings. The number of rotatable bonds is 20. The van der Waals surface area contributed by atoms with Crippen LogP contribution in [0.3, 0.4) is 0 Å². The van der Waals surface area contributed by atoms with Crippen LogP contribution in [0, 0.1) is 0 Å². The Bertz CT molecular complexity index is 1410. The molecule has 0 unspecified atom stereocenters. The number of hydrogen-bond acceptors (Lipinski definition) is 7. The summed E-state index contributed by atoms with van der Waals surface area (Å²) >= 11 is 0. The van der Waals surface area contributed by atoms with Crippen LogP contribution in [-0.2, 0) is 33.2 Å². The summed E-state index contributed by atoms with van der Waals surface area (Å²) in [5.74, 6) is 0.794. The molecule has 0 saturated heterocycles. The van der Waals surface area contributed by atoms with Crippen molar-refractivity contribution in [3.05, 3.63) is 53.9 Å². The van der Waals surface area contributed by atoms with Crippen molar-refractivity contribution in [3.8, 4) is 0 Å². The Hall–Kier alpha value is -0.270. The third kappa shape index (κ3) is 14.4. The molecule has 0 amide bonds. The molecule has 0 aliphatic carbocycles. The summed E-state index contributed by atoms with van der Waals surface area (Å²) in [5.41, 5.74) is 1.82. The minimum Gasteiger partial charge on any atom is -0.744 e. The van der Waals surface area contributed by atoms with Gasteiger partial charge in [0.25, 0.3) is 0 Å². The van der Waals surface area contributed by atoms with Crippen molar-refractivity contribution >= 4 is 31.3 Å². The van der Waals surface area contributed by atoms with E-state index in [9.17, 15) is 25.9 Å². The Labute approximate surface area is 302 Å². The summed E-state index contributed by atoms with van der Waals surface area (Å²) in [7, 11) is -9.91. The van der Waals surface area contributed by atoms with E-state index in [4.69, 9.17) is 4.98 Å². The maximum atomic E-state index is 11.6. The first-order valence-corrected chi connectivity index (χ1v) is 17.9. The van der Waals surface area contributed by atoms with E-state index >= 15 is 0 Å². The predicted octanol–water partition coefficient (Wildman–Crippen LogP) is 1.31. The molecule has 12 heteroatoms. The van der Waals surface area contributed by atoms with Gasteiger partial charge in [-0.15, -0.1) is 0 Å². The molecule has 0 atom stereocenters. The van der Waals surface area contributed by atoms with Crippen LogP contribution in [0.2, 0.25) is 0 Å². The molecule has 0 bridgehead atoms. The zero-order valence-electron chi connectivity index (χ0n) is 26.2. The summed E-state index contributed by atoms with van der Waals surface area (Å²) in [6.45, 7) is 2.34. The summed E-state index contributed by atoms with van der Waals surface area (Å²) in [5, 5.41) is 0. The molecule has 228 valence electrons. The van der Waals surface area contributed by atoms with Crippen LogP contribution in [0.15, 0.2) is 52.3 Å². The van der Waals surface area contributed by atoms with Crippen LogP contribution in [-0.4, -0.2) is 35.5 Å². The van der Waals surface area contributed by atoms with E-state index in [-0.39, 0.29) is 71.2 Å². The van der Waals surface area contributed by atoms with Gasteiger partial charge in [-0.3, -0.25) is 0 Å². The van der Waals surface area contributed by atoms with E-state index in [1.165, 1.54) is 77.0 Å². The van der Waals surface area contributed by atoms with Crippen LogP contribution in [0.1, 0.15) is 115 Å². The molecule has 2 aromatic carbocycles. The van der Waals surface area contributed by atoms with E-state index in [1.54, 1.807) is 0 Å². The van der Waals surface area contributed by atoms with E-state index in [2.05, 4.69) is 6.92 Å². The number of fused-ring (bicyclic) bond motifs is 1. The summed E-state index contributed by atoms with van der Waals surface area (Å²) in [4.78, 5) is 3.28. The van der Waals surface area contributed by atoms with Crippen LogP contribution in [0.5, 0.6) is 0 Å². The Balaban J connectivity index is 0.00000462. The third-order valence-electron chi connectivity index (χ3n) is 7.60. The van der Waals surface area contributed by atoms with Crippen molar-refractivity contribution in [1.29, 1.82) is 0 Å². The van der Waals surface area contributed by atoms with Gasteiger partial charge in [-0.25, -0.2) is 21.8 Å². The van der Waals surface area contributed by atoms with E-state index in [0.717, 1.165) is 48.3 Å². The predicted molar refractivity (Wildman–Crippen MR) is 160 cm³/mol. The zero-order chi connectivity index (χ0) is 29.7. The van der Waals surface area contributed by atoms with E-state index in [0.29, 0.717) is 12.5 Å². The molecule has 43 heavy (non-hydrogen) atoms. The Morgan fingerprint density at radius 2 is 1.09 bits per heavy atom. The fraction of sp³-hybridized carbons (Fsp3) is 0.581. The maximum Gasteiger partial charge on any atom is 1.00 e. The van der Waals surface area contributed by atoms with Crippen molar-refractivity contribution in [2.75, 3.05) is 0 Å². The molecule has 0 saturated carbocycles. The quantitative estimate of drug-likeness (QED) is 0.102. The molecular weight excluding hydrogens is 606 g/mol. The Kier molecular flexibility index (Phi) is 19.7. The second-order valence-electron chi connectivity index (χ2n) is 11.0. The summed E-state index contributed by atoms with van der Waals surface area (Å²) in [6, 6.07) is 10.4. The van der Waals surface area contributed by atoms with Crippen molar-refractivity contribution in [3.63, 3.8) is 0 Å². The van der Waals surface area contributed by atoms with Crippen molar-refractivity contribution < 1.29 is 85.1 Å². The number of aryl methyl sites for hydroxylation is 1. The van der Waals surface area contributed by atoms with Crippen LogP contribution >= 0.6 is 0 Å². The molecule has 0 radical (unpaired) electrons. The van der Waals surface area contributed by atoms with Crippen molar-refractivity contribution in [1.82, 2.24) is 9.55 Å². The summed E-state index contributed by atoms with van der Waals surface area (Å²) < 4.78 is 71.8. The molecule has 0 spiro atoms. The average Bonchev–Trinajstić information content (AvgIpc) is 3.26. The minimum atomic E-state index is -4.96. The number of hydrogen-bond donors (Lipinski definition) is 0. The number of aromatic nitrogens is 2. The average molecular weight is 651 g/mol. The summed E-state index contributed by atoms with van der Waals surface area (Å²) in [6.07, 6.45) is 19.9. The fourth-order valence-corrected chi connectivity index (χ4v) is 6.55. The third-order valence-corrected chi connectivity index (χ3v) is 9.22. The van der Waals surface area contributed by atoms with Gasteiger partial charge in [-0.05, 0) is 42.3 Å². The topological polar surface area (TPSA) is 132 Å². The number of unbranched alkanes of at least 4 members (excludes halogenated alkanes) is 14. The first-order valence-electron chi connectivity index (χ1n) is 15.1. The second kappa shape index (κ2) is 20.8. The van der Waals surface area contributed by atoms with E-state index < -0.39 is 30.0 Å². The van der Waals surface area contributed by atoms with Gasteiger partial charge in [-0.2, -0.15) is 0 Å². The minimum absolute atomic E-state index is 0. The van der Waals surface area contributed by atoms with Gasteiger partial charge in [-0.1, -0.05) is 109 Å². The van der Waals surface area contributed by atoms with Gasteiger partial charge in [0.2, 0.25) is 0 Å². The van der Waals surface area contributed by atoms with Crippen molar-refractivity contribution in [2.24, 2.45) is 0 Å². The first kappa shape index (κ1) is 40.8. The van der Waals surface area contributed by atoms with Crippen molar-refractivity contribution in [2.45, 2.75) is 126 Å². The number of nitrogens with zero attached hydrogens (tertiary/aromatic N) is 2. The molecule has 8 nitrogen and oxygen atoms in total. The Morgan fingerprint density at radius 1 is 0.651 bits per heavy atom. The van der Waals surface area contributed by atoms with Gasteiger partial charge in [0.05, 0.1) is 20.8 Å². The van der Waals surface area contributed by atoms with Gasteiger partial charge in [0.15, 0.2) is 0 Å². The fourth-order valence-electron chi connectivity index (χ4n) is 5.34. The SMILES string of the molecule is CCCCCCCCCCCCCCCCCc1nc2ccccc2n1Cc1cc(S(=O)(=O)[O-])cc(S(=O)(=O)[O-])c1.[Na+].[Na+]. The molecule has 1 heterocycles. The Morgan fingerprint density at radius 3 is 1.56 bits per heavy atom. The van der Waals surface area contributed by atoms with Gasteiger partial charge in [0, 0.05) is 13.0 Å². The van der Waals surface area contributed by atoms with Crippen LogP contribution in [0.4, 0.5) is 0 Å². The number of para-hydroxylation sites is 2. The van der Waals surface area contributed by atoms with Crippen LogP contribution < -0.4 is 59.1 Å². The van der Waals surface area contributed by atoms with Gasteiger partial charge >= 0.3 is 59.1 Å². The molecule has 0 N–H and O–H groups in total. The van der Waals surface area contributed by atoms with E-state index in [1.807, 2.05) is 28.8 Å².